The monoisotopic (exact) mass is 223 g/mol. The van der Waals surface area contributed by atoms with Gasteiger partial charge < -0.3 is 7.43 Å². The standard InChI is InChI=1S/C9H11.CH3.Y/c1-8(2)9-6-4-3-5-7-9;;/h4-8H,1-2H3;1H3;/q2*-1;. The summed E-state index contributed by atoms with van der Waals surface area (Å²) in [7, 11) is 0. The molecule has 0 unspecified atom stereocenters. The van der Waals surface area contributed by atoms with Gasteiger partial charge >= 0.3 is 0 Å². The molecule has 0 saturated carbocycles. The molecule has 0 aliphatic rings. The number of hydrogen-bond acceptors (Lipinski definition) is 0. The molecular weight excluding hydrogens is 209 g/mol. The Balaban J connectivity index is 0. The fourth-order valence-corrected chi connectivity index (χ4v) is 0.785. The van der Waals surface area contributed by atoms with Crippen molar-refractivity contribution in [1.82, 2.24) is 0 Å². The predicted octanol–water partition coefficient (Wildman–Crippen LogP) is 3.06. The summed E-state index contributed by atoms with van der Waals surface area (Å²) < 4.78 is 0. The third kappa shape index (κ3) is 4.71. The van der Waals surface area contributed by atoms with Crippen LogP contribution >= 0.6 is 0 Å². The zero-order valence-electron chi connectivity index (χ0n) is 7.46. The van der Waals surface area contributed by atoms with E-state index in [1.807, 2.05) is 12.1 Å². The van der Waals surface area contributed by atoms with Crippen LogP contribution in [0.4, 0.5) is 0 Å². The van der Waals surface area contributed by atoms with Crippen molar-refractivity contribution in [2.24, 2.45) is 0 Å². The fraction of sp³-hybridized carbons (Fsp3) is 0.300. The Morgan fingerprint density at radius 1 is 1.18 bits per heavy atom. The van der Waals surface area contributed by atoms with Crippen LogP contribution in [0.25, 0.3) is 0 Å². The minimum Gasteiger partial charge on any atom is -0.358 e. The summed E-state index contributed by atoms with van der Waals surface area (Å²) in [6, 6.07) is 11.1. The van der Waals surface area contributed by atoms with E-state index < -0.39 is 0 Å². The van der Waals surface area contributed by atoms with E-state index in [9.17, 15) is 0 Å². The van der Waals surface area contributed by atoms with Crippen molar-refractivity contribution < 1.29 is 32.7 Å². The van der Waals surface area contributed by atoms with E-state index in [1.165, 1.54) is 5.56 Å². The second-order valence-electron chi connectivity index (χ2n) is 2.49. The van der Waals surface area contributed by atoms with Gasteiger partial charge in [-0.1, -0.05) is 13.8 Å². The first-order valence-corrected chi connectivity index (χ1v) is 3.26. The largest absolute Gasteiger partial charge is 0.358 e. The van der Waals surface area contributed by atoms with Gasteiger partial charge in [-0.3, -0.25) is 0 Å². The third-order valence-electron chi connectivity index (χ3n) is 1.41. The van der Waals surface area contributed by atoms with Gasteiger partial charge in [-0.25, -0.2) is 0 Å². The summed E-state index contributed by atoms with van der Waals surface area (Å²) in [6.07, 6.45) is 0. The molecule has 0 aromatic heterocycles. The molecule has 0 bridgehead atoms. The van der Waals surface area contributed by atoms with Gasteiger partial charge in [0.25, 0.3) is 0 Å². The Kier molecular flexibility index (Phi) is 8.83. The minimum absolute atomic E-state index is 0. The Labute approximate surface area is 95.3 Å². The summed E-state index contributed by atoms with van der Waals surface area (Å²) in [5.74, 6) is 0.639. The Bertz CT molecular complexity index is 167. The van der Waals surface area contributed by atoms with Gasteiger partial charge in [0.05, 0.1) is 0 Å². The number of benzene rings is 1. The Hall–Kier alpha value is 0.324. The summed E-state index contributed by atoms with van der Waals surface area (Å²) in [4.78, 5) is 0. The SMILES string of the molecule is CC(C)c1cc[c-]cc1.[CH3-].[Y]. The third-order valence-corrected chi connectivity index (χ3v) is 1.41. The van der Waals surface area contributed by atoms with Crippen LogP contribution in [0.15, 0.2) is 24.3 Å². The first-order valence-electron chi connectivity index (χ1n) is 3.26. The van der Waals surface area contributed by atoms with E-state index in [0.29, 0.717) is 5.92 Å². The van der Waals surface area contributed by atoms with Crippen LogP contribution in [-0.4, -0.2) is 0 Å². The molecule has 1 aromatic rings. The second-order valence-corrected chi connectivity index (χ2v) is 2.49. The average Bonchev–Trinajstić information content (AvgIpc) is 1.90. The van der Waals surface area contributed by atoms with Crippen molar-refractivity contribution in [3.63, 3.8) is 0 Å². The fourth-order valence-electron chi connectivity index (χ4n) is 0.785. The van der Waals surface area contributed by atoms with Gasteiger partial charge in [-0.05, 0) is 5.92 Å². The van der Waals surface area contributed by atoms with Crippen LogP contribution in [0, 0.1) is 13.5 Å². The molecule has 59 valence electrons. The normalized spacial score (nSPS) is 8.27. The van der Waals surface area contributed by atoms with Crippen LogP contribution in [0.3, 0.4) is 0 Å². The molecule has 0 amide bonds. The van der Waals surface area contributed by atoms with Crippen molar-refractivity contribution in [2.75, 3.05) is 0 Å². The summed E-state index contributed by atoms with van der Waals surface area (Å²) in [5.41, 5.74) is 1.38. The van der Waals surface area contributed by atoms with Crippen LogP contribution < -0.4 is 0 Å². The van der Waals surface area contributed by atoms with Crippen molar-refractivity contribution in [3.05, 3.63) is 43.3 Å². The smallest absolute Gasteiger partial charge is 0 e. The molecule has 0 fully saturated rings. The molecule has 1 radical (unpaired) electrons. The molecular formula is C10H14Y-2. The zero-order valence-corrected chi connectivity index (χ0v) is 10.3. The maximum Gasteiger partial charge on any atom is 0 e. The Morgan fingerprint density at radius 3 is 1.91 bits per heavy atom. The van der Waals surface area contributed by atoms with Gasteiger partial charge in [-0.15, -0.1) is 0 Å². The molecule has 0 heterocycles. The molecule has 0 N–H and O–H groups in total. The van der Waals surface area contributed by atoms with Crippen LogP contribution in [0.5, 0.6) is 0 Å². The topological polar surface area (TPSA) is 0 Å². The van der Waals surface area contributed by atoms with E-state index in [0.717, 1.165) is 0 Å². The Morgan fingerprint density at radius 2 is 1.64 bits per heavy atom. The van der Waals surface area contributed by atoms with Crippen molar-refractivity contribution in [3.8, 4) is 0 Å². The molecule has 11 heavy (non-hydrogen) atoms. The summed E-state index contributed by atoms with van der Waals surface area (Å²) in [5, 5.41) is 0. The van der Waals surface area contributed by atoms with Gasteiger partial charge in [0.2, 0.25) is 0 Å². The second kappa shape index (κ2) is 7.00. The average molecular weight is 223 g/mol. The van der Waals surface area contributed by atoms with Crippen molar-refractivity contribution in [1.29, 1.82) is 0 Å². The predicted molar refractivity (Wildman–Crippen MR) is 45.8 cm³/mol. The number of rotatable bonds is 1. The van der Waals surface area contributed by atoms with Crippen molar-refractivity contribution in [2.45, 2.75) is 19.8 Å². The molecule has 1 aromatic carbocycles. The molecule has 1 rings (SSSR count). The van der Waals surface area contributed by atoms with Crippen LogP contribution in [-0.2, 0) is 32.7 Å². The van der Waals surface area contributed by atoms with Crippen LogP contribution in [0.2, 0.25) is 0 Å². The van der Waals surface area contributed by atoms with Crippen molar-refractivity contribution >= 4 is 0 Å². The van der Waals surface area contributed by atoms with Crippen LogP contribution in [0.1, 0.15) is 25.3 Å². The zero-order chi connectivity index (χ0) is 6.69. The van der Waals surface area contributed by atoms with Gasteiger partial charge in [-0.2, -0.15) is 35.9 Å². The van der Waals surface area contributed by atoms with Gasteiger partial charge in [0.1, 0.15) is 0 Å². The molecule has 0 nitrogen and oxygen atoms in total. The number of hydrogen-bond donors (Lipinski definition) is 0. The van der Waals surface area contributed by atoms with E-state index in [4.69, 9.17) is 0 Å². The summed E-state index contributed by atoms with van der Waals surface area (Å²) in [6.45, 7) is 4.38. The van der Waals surface area contributed by atoms with E-state index >= 15 is 0 Å². The van der Waals surface area contributed by atoms with Gasteiger partial charge in [0, 0.05) is 32.7 Å². The van der Waals surface area contributed by atoms with E-state index in [2.05, 4.69) is 32.0 Å². The first-order chi connectivity index (χ1) is 4.30. The molecule has 0 aliphatic carbocycles. The quantitative estimate of drug-likeness (QED) is 0.642. The minimum atomic E-state index is 0. The van der Waals surface area contributed by atoms with E-state index in [-0.39, 0.29) is 40.1 Å². The molecule has 0 saturated heterocycles. The first kappa shape index (κ1) is 13.9. The maximum atomic E-state index is 2.99. The maximum absolute atomic E-state index is 2.99. The van der Waals surface area contributed by atoms with E-state index in [1.54, 1.807) is 0 Å². The molecule has 0 spiro atoms. The summed E-state index contributed by atoms with van der Waals surface area (Å²) >= 11 is 0. The van der Waals surface area contributed by atoms with Gasteiger partial charge in [0.15, 0.2) is 0 Å². The molecule has 0 aliphatic heterocycles. The molecule has 0 atom stereocenters. The molecule has 1 heteroatoms.